The van der Waals surface area contributed by atoms with Crippen LogP contribution < -0.4 is 0 Å². The van der Waals surface area contributed by atoms with Gasteiger partial charge in [0.1, 0.15) is 6.10 Å². The van der Waals surface area contributed by atoms with Crippen molar-refractivity contribution in [3.63, 3.8) is 0 Å². The van der Waals surface area contributed by atoms with Gasteiger partial charge in [-0.05, 0) is 67.9 Å². The highest BCUT2D eigenvalue weighted by atomic mass is 32.2. The number of aryl methyl sites for hydroxylation is 1. The summed E-state index contributed by atoms with van der Waals surface area (Å²) in [7, 11) is -3.40. The summed E-state index contributed by atoms with van der Waals surface area (Å²) in [6.07, 6.45) is 4.03. The number of hydrogen-bond donors (Lipinski definition) is 0. The van der Waals surface area contributed by atoms with E-state index in [9.17, 15) is 13.2 Å². The molecule has 29 heavy (non-hydrogen) atoms. The smallest absolute Gasteiger partial charge is 0.306 e. The topological polar surface area (TPSA) is 84.2 Å². The van der Waals surface area contributed by atoms with Crippen molar-refractivity contribution in [2.24, 2.45) is 5.92 Å². The minimum absolute atomic E-state index is 0.0200. The van der Waals surface area contributed by atoms with E-state index in [2.05, 4.69) is 6.07 Å². The number of carbonyl (C=O) groups is 1. The molecule has 2 atom stereocenters. The molecule has 3 rings (SSSR count). The van der Waals surface area contributed by atoms with Crippen LogP contribution in [0.4, 0.5) is 0 Å². The third kappa shape index (κ3) is 6.16. The van der Waals surface area contributed by atoms with Crippen molar-refractivity contribution < 1.29 is 17.9 Å². The molecular formula is C23H25NO4S. The zero-order chi connectivity index (χ0) is 20.7. The molecule has 0 unspecified atom stereocenters. The summed E-state index contributed by atoms with van der Waals surface area (Å²) >= 11 is 0. The van der Waals surface area contributed by atoms with Crippen molar-refractivity contribution in [1.82, 2.24) is 0 Å². The van der Waals surface area contributed by atoms with Crippen molar-refractivity contribution in [2.75, 3.05) is 5.75 Å². The van der Waals surface area contributed by atoms with E-state index in [1.54, 1.807) is 30.3 Å². The maximum Gasteiger partial charge on any atom is 0.306 e. The molecule has 0 saturated carbocycles. The number of benzene rings is 2. The molecule has 0 radical (unpaired) electrons. The van der Waals surface area contributed by atoms with Crippen molar-refractivity contribution in [2.45, 2.75) is 49.5 Å². The van der Waals surface area contributed by atoms with E-state index >= 15 is 0 Å². The normalized spacial score (nSPS) is 19.3. The molecule has 6 heteroatoms. The number of esters is 1. The van der Waals surface area contributed by atoms with E-state index in [4.69, 9.17) is 10.00 Å². The number of sulfone groups is 1. The number of ether oxygens (including phenoxy) is 1. The fraction of sp³-hybridized carbons (Fsp3) is 0.391. The fourth-order valence-electron chi connectivity index (χ4n) is 3.76. The molecule has 0 bridgehead atoms. The lowest BCUT2D eigenvalue weighted by Crippen LogP contribution is -2.33. The first-order valence-electron chi connectivity index (χ1n) is 9.92. The molecule has 1 saturated heterocycles. The lowest BCUT2D eigenvalue weighted by Gasteiger charge is -2.28. The zero-order valence-electron chi connectivity index (χ0n) is 16.3. The monoisotopic (exact) mass is 411 g/mol. The maximum absolute atomic E-state index is 12.6. The predicted molar refractivity (Wildman–Crippen MR) is 110 cm³/mol. The van der Waals surface area contributed by atoms with Gasteiger partial charge in [-0.2, -0.15) is 5.26 Å². The Morgan fingerprint density at radius 1 is 1.03 bits per heavy atom. The number of carbonyl (C=O) groups excluding carboxylic acids is 1. The van der Waals surface area contributed by atoms with E-state index in [0.29, 0.717) is 16.9 Å². The van der Waals surface area contributed by atoms with Crippen molar-refractivity contribution in [1.29, 1.82) is 5.26 Å². The molecule has 0 aromatic heterocycles. The quantitative estimate of drug-likeness (QED) is 0.483. The van der Waals surface area contributed by atoms with Gasteiger partial charge in [-0.3, -0.25) is 4.79 Å². The molecule has 0 aliphatic carbocycles. The van der Waals surface area contributed by atoms with Crippen molar-refractivity contribution >= 4 is 15.8 Å². The third-order valence-corrected chi connectivity index (χ3v) is 7.13. The Hall–Kier alpha value is -2.65. The molecule has 5 nitrogen and oxygen atoms in total. The highest BCUT2D eigenvalue weighted by molar-refractivity contribution is 7.91. The largest absolute Gasteiger partial charge is 0.462 e. The van der Waals surface area contributed by atoms with Crippen LogP contribution in [0.25, 0.3) is 0 Å². The van der Waals surface area contributed by atoms with Crippen LogP contribution in [0.15, 0.2) is 59.5 Å². The Labute approximate surface area is 172 Å². The molecule has 0 spiro atoms. The highest BCUT2D eigenvalue weighted by Crippen LogP contribution is 2.28. The van der Waals surface area contributed by atoms with E-state index in [1.807, 2.05) is 24.3 Å². The van der Waals surface area contributed by atoms with Gasteiger partial charge in [0.15, 0.2) is 9.84 Å². The first kappa shape index (κ1) is 21.1. The maximum atomic E-state index is 12.6. The first-order valence-corrected chi connectivity index (χ1v) is 11.6. The Morgan fingerprint density at radius 2 is 1.76 bits per heavy atom. The van der Waals surface area contributed by atoms with Crippen LogP contribution in [0.5, 0.6) is 0 Å². The second-order valence-corrected chi connectivity index (χ2v) is 9.60. The molecular weight excluding hydrogens is 386 g/mol. The molecule has 1 heterocycles. The number of nitrogens with zero attached hydrogens (tertiary/aromatic N) is 1. The van der Waals surface area contributed by atoms with E-state index in [0.717, 1.165) is 25.7 Å². The van der Waals surface area contributed by atoms with Gasteiger partial charge in [-0.15, -0.1) is 0 Å². The van der Waals surface area contributed by atoms with Crippen LogP contribution in [0.3, 0.4) is 0 Å². The van der Waals surface area contributed by atoms with Crippen LogP contribution in [-0.2, 0) is 25.8 Å². The lowest BCUT2D eigenvalue weighted by molar-refractivity contribution is -0.156. The average molecular weight is 412 g/mol. The van der Waals surface area contributed by atoms with Gasteiger partial charge in [-0.25, -0.2) is 8.42 Å². The van der Waals surface area contributed by atoms with Crippen LogP contribution >= 0.6 is 0 Å². The van der Waals surface area contributed by atoms with Gasteiger partial charge in [0.2, 0.25) is 0 Å². The molecule has 152 valence electrons. The third-order valence-electron chi connectivity index (χ3n) is 5.23. The molecule has 2 aromatic carbocycles. The standard InChI is InChI=1S/C23H25NO4S/c24-16-19-12-10-18(11-13-19)6-4-5-7-21-14-20(15-23(25)28-21)17-29(26,27)22-8-2-1-3-9-22/h1-3,8-13,20-21H,4-7,14-15,17H2/t20-,21-/m0/s1. The van der Waals surface area contributed by atoms with Crippen molar-refractivity contribution in [3.05, 3.63) is 65.7 Å². The summed E-state index contributed by atoms with van der Waals surface area (Å²) in [5.74, 6) is -0.528. The fourth-order valence-corrected chi connectivity index (χ4v) is 5.40. The molecule has 0 N–H and O–H groups in total. The SMILES string of the molecule is N#Cc1ccc(CCCC[C@H]2C[C@H](CS(=O)(=O)c3ccccc3)CC(=O)O2)cc1. The summed E-state index contributed by atoms with van der Waals surface area (Å²) in [5.41, 5.74) is 1.83. The number of hydrogen-bond acceptors (Lipinski definition) is 5. The summed E-state index contributed by atoms with van der Waals surface area (Å²) in [5, 5.41) is 8.84. The van der Waals surface area contributed by atoms with Crippen LogP contribution in [0, 0.1) is 17.2 Å². The Morgan fingerprint density at radius 3 is 2.45 bits per heavy atom. The van der Waals surface area contributed by atoms with Gasteiger partial charge < -0.3 is 4.74 Å². The van der Waals surface area contributed by atoms with Gasteiger partial charge in [0.05, 0.1) is 22.3 Å². The molecule has 1 fully saturated rings. The molecule has 2 aromatic rings. The number of nitriles is 1. The Bertz CT molecular complexity index is 962. The lowest BCUT2D eigenvalue weighted by atomic mass is 9.93. The Balaban J connectivity index is 1.48. The van der Waals surface area contributed by atoms with Gasteiger partial charge in [0, 0.05) is 6.42 Å². The average Bonchev–Trinajstić information content (AvgIpc) is 2.71. The second-order valence-electron chi connectivity index (χ2n) is 7.57. The summed E-state index contributed by atoms with van der Waals surface area (Å²) < 4.78 is 30.7. The summed E-state index contributed by atoms with van der Waals surface area (Å²) in [6, 6.07) is 18.0. The van der Waals surface area contributed by atoms with E-state index in [1.165, 1.54) is 5.56 Å². The van der Waals surface area contributed by atoms with Gasteiger partial charge >= 0.3 is 5.97 Å². The molecule has 1 aliphatic rings. The molecule has 1 aliphatic heterocycles. The van der Waals surface area contributed by atoms with Gasteiger partial charge in [0.25, 0.3) is 0 Å². The number of rotatable bonds is 8. The summed E-state index contributed by atoms with van der Waals surface area (Å²) in [4.78, 5) is 12.3. The summed E-state index contributed by atoms with van der Waals surface area (Å²) in [6.45, 7) is 0. The minimum Gasteiger partial charge on any atom is -0.462 e. The predicted octanol–water partition coefficient (Wildman–Crippen LogP) is 4.07. The zero-order valence-corrected chi connectivity index (χ0v) is 17.1. The van der Waals surface area contributed by atoms with Crippen LogP contribution in [-0.4, -0.2) is 26.2 Å². The van der Waals surface area contributed by atoms with Gasteiger partial charge in [-0.1, -0.05) is 30.3 Å². The minimum atomic E-state index is -3.40. The number of unbranched alkanes of at least 4 members (excludes halogenated alkanes) is 1. The Kier molecular flexibility index (Phi) is 7.05. The second kappa shape index (κ2) is 9.71. The van der Waals surface area contributed by atoms with Crippen LogP contribution in [0.1, 0.15) is 43.2 Å². The first-order chi connectivity index (χ1) is 14.0. The van der Waals surface area contributed by atoms with Crippen LogP contribution in [0.2, 0.25) is 0 Å². The molecule has 0 amide bonds. The number of cyclic esters (lactones) is 1. The van der Waals surface area contributed by atoms with Crippen molar-refractivity contribution in [3.8, 4) is 6.07 Å². The highest BCUT2D eigenvalue weighted by Gasteiger charge is 2.32. The van der Waals surface area contributed by atoms with E-state index in [-0.39, 0.29) is 30.2 Å². The van der Waals surface area contributed by atoms with E-state index < -0.39 is 9.84 Å².